The van der Waals surface area contributed by atoms with E-state index in [1.807, 2.05) is 23.6 Å². The first-order chi connectivity index (χ1) is 13.8. The van der Waals surface area contributed by atoms with Crippen LogP contribution in [0.5, 0.6) is 0 Å². The fourth-order valence-corrected chi connectivity index (χ4v) is 5.21. The first-order valence-electron chi connectivity index (χ1n) is 11.1. The van der Waals surface area contributed by atoms with Crippen LogP contribution in [-0.2, 0) is 9.63 Å². The number of carbonyl (C=O) groups excluding carboxylic acids is 1. The van der Waals surface area contributed by atoms with Crippen LogP contribution in [0.3, 0.4) is 0 Å². The molecule has 0 aromatic rings. The minimum Gasteiger partial charge on any atom is -0.342 e. The molecule has 4 aliphatic heterocycles. The van der Waals surface area contributed by atoms with Crippen molar-refractivity contribution in [2.75, 3.05) is 39.3 Å². The first kappa shape index (κ1) is 21.4. The second-order valence-electron chi connectivity index (χ2n) is 9.50. The van der Waals surface area contributed by atoms with Crippen molar-refractivity contribution in [2.24, 2.45) is 17.8 Å². The molecule has 4 rings (SSSR count). The maximum Gasteiger partial charge on any atom is 0.261 e. The molecule has 0 aromatic carbocycles. The lowest BCUT2D eigenvalue weighted by atomic mass is 9.91. The minimum absolute atomic E-state index is 0.0337. The highest BCUT2D eigenvalue weighted by molar-refractivity contribution is 5.78. The molecule has 4 aliphatic rings. The van der Waals surface area contributed by atoms with Gasteiger partial charge in [0.25, 0.3) is 5.92 Å². The van der Waals surface area contributed by atoms with Crippen LogP contribution in [0.4, 0.5) is 8.78 Å². The van der Waals surface area contributed by atoms with E-state index in [9.17, 15) is 13.6 Å². The number of nitrogens with one attached hydrogen (secondary N) is 3. The van der Waals surface area contributed by atoms with Gasteiger partial charge in [-0.15, -0.1) is 0 Å². The Hall–Kier alpha value is -0.870. The highest BCUT2D eigenvalue weighted by Gasteiger charge is 2.44. The van der Waals surface area contributed by atoms with Crippen molar-refractivity contribution < 1.29 is 18.4 Å². The number of halogens is 2. The Labute approximate surface area is 171 Å². The molecule has 4 fully saturated rings. The van der Waals surface area contributed by atoms with Gasteiger partial charge in [-0.25, -0.2) is 8.78 Å². The number of amides is 1. The third-order valence-electron chi connectivity index (χ3n) is 6.99. The van der Waals surface area contributed by atoms with Gasteiger partial charge in [0.1, 0.15) is 6.23 Å². The zero-order valence-corrected chi connectivity index (χ0v) is 17.5. The Morgan fingerprint density at radius 3 is 2.55 bits per heavy atom. The molecular formula is C20H35F2N5O2. The van der Waals surface area contributed by atoms with Gasteiger partial charge in [-0.1, -0.05) is 13.8 Å². The standard InChI is InChI=1S/C20H35F2N5O2/c1-13(2)19(28)26-6-3-14(4-7-26)17-24-18(29-25-17)15-9-16(11-23-10-15)27-8-5-20(21,22)12-27/h13-18,23-25H,3-12H2,1-2H3. The number of alkyl halides is 2. The maximum absolute atomic E-state index is 13.6. The molecule has 0 radical (unpaired) electrons. The fourth-order valence-electron chi connectivity index (χ4n) is 5.21. The van der Waals surface area contributed by atoms with E-state index in [1.165, 1.54) is 0 Å². The van der Waals surface area contributed by atoms with Crippen molar-refractivity contribution in [1.82, 2.24) is 25.9 Å². The zero-order chi connectivity index (χ0) is 20.6. The molecule has 4 atom stereocenters. The lowest BCUT2D eigenvalue weighted by Gasteiger charge is -2.38. The molecule has 166 valence electrons. The molecule has 0 spiro atoms. The van der Waals surface area contributed by atoms with Crippen molar-refractivity contribution in [2.45, 2.75) is 63.9 Å². The van der Waals surface area contributed by atoms with Gasteiger partial charge in [0.05, 0.1) is 12.7 Å². The van der Waals surface area contributed by atoms with Crippen LogP contribution in [0.15, 0.2) is 0 Å². The van der Waals surface area contributed by atoms with Gasteiger partial charge in [-0.2, -0.15) is 5.48 Å². The van der Waals surface area contributed by atoms with E-state index >= 15 is 0 Å². The van der Waals surface area contributed by atoms with Gasteiger partial charge < -0.3 is 10.2 Å². The number of hydroxylamine groups is 1. The average molecular weight is 416 g/mol. The van der Waals surface area contributed by atoms with Gasteiger partial charge in [0, 0.05) is 57.0 Å². The van der Waals surface area contributed by atoms with Gasteiger partial charge >= 0.3 is 0 Å². The van der Waals surface area contributed by atoms with Gasteiger partial charge in [0.2, 0.25) is 5.91 Å². The molecular weight excluding hydrogens is 380 g/mol. The van der Waals surface area contributed by atoms with Gasteiger partial charge in [-0.05, 0) is 25.2 Å². The van der Waals surface area contributed by atoms with E-state index in [0.29, 0.717) is 12.5 Å². The minimum atomic E-state index is -2.55. The van der Waals surface area contributed by atoms with Crippen LogP contribution >= 0.6 is 0 Å². The van der Waals surface area contributed by atoms with E-state index < -0.39 is 5.92 Å². The van der Waals surface area contributed by atoms with Crippen LogP contribution in [0.25, 0.3) is 0 Å². The Morgan fingerprint density at radius 1 is 1.14 bits per heavy atom. The summed E-state index contributed by atoms with van der Waals surface area (Å²) >= 11 is 0. The maximum atomic E-state index is 13.6. The lowest BCUT2D eigenvalue weighted by Crippen LogP contribution is -2.54. The molecule has 29 heavy (non-hydrogen) atoms. The van der Waals surface area contributed by atoms with Crippen LogP contribution in [0, 0.1) is 17.8 Å². The van der Waals surface area contributed by atoms with E-state index in [0.717, 1.165) is 45.4 Å². The largest absolute Gasteiger partial charge is 0.342 e. The third-order valence-corrected chi connectivity index (χ3v) is 6.99. The summed E-state index contributed by atoms with van der Waals surface area (Å²) < 4.78 is 27.2. The summed E-state index contributed by atoms with van der Waals surface area (Å²) in [6.45, 7) is 7.42. The second kappa shape index (κ2) is 8.70. The first-order valence-corrected chi connectivity index (χ1v) is 11.1. The highest BCUT2D eigenvalue weighted by Crippen LogP contribution is 2.32. The van der Waals surface area contributed by atoms with Crippen molar-refractivity contribution in [3.63, 3.8) is 0 Å². The molecule has 4 unspecified atom stereocenters. The van der Waals surface area contributed by atoms with E-state index in [4.69, 9.17) is 4.84 Å². The van der Waals surface area contributed by atoms with Crippen molar-refractivity contribution in [3.8, 4) is 0 Å². The number of carbonyl (C=O) groups is 1. The summed E-state index contributed by atoms with van der Waals surface area (Å²) in [5.74, 6) is -1.61. The normalized spacial score (nSPS) is 36.8. The number of hydrogen-bond donors (Lipinski definition) is 3. The average Bonchev–Trinajstić information content (AvgIpc) is 3.34. The second-order valence-corrected chi connectivity index (χ2v) is 9.50. The van der Waals surface area contributed by atoms with Crippen LogP contribution in [0.1, 0.15) is 39.5 Å². The Kier molecular flexibility index (Phi) is 6.41. The molecule has 1 amide bonds. The predicted molar refractivity (Wildman–Crippen MR) is 105 cm³/mol. The van der Waals surface area contributed by atoms with Gasteiger partial charge in [-0.3, -0.25) is 19.8 Å². The summed E-state index contributed by atoms with van der Waals surface area (Å²) in [7, 11) is 0. The van der Waals surface area contributed by atoms with Crippen LogP contribution < -0.4 is 16.1 Å². The molecule has 9 heteroatoms. The molecule has 3 N–H and O–H groups in total. The summed E-state index contributed by atoms with van der Waals surface area (Å²) in [4.78, 5) is 22.0. The van der Waals surface area contributed by atoms with E-state index in [-0.39, 0.29) is 49.1 Å². The predicted octanol–water partition coefficient (Wildman–Crippen LogP) is 0.977. The summed E-state index contributed by atoms with van der Waals surface area (Å²) in [6.07, 6.45) is 2.69. The number of rotatable bonds is 4. The number of piperidine rings is 2. The molecule has 4 saturated heterocycles. The summed E-state index contributed by atoms with van der Waals surface area (Å²) in [5, 5.41) is 6.99. The summed E-state index contributed by atoms with van der Waals surface area (Å²) in [6, 6.07) is 0.136. The van der Waals surface area contributed by atoms with Gasteiger partial charge in [0.15, 0.2) is 0 Å². The van der Waals surface area contributed by atoms with Crippen LogP contribution in [0.2, 0.25) is 0 Å². The van der Waals surface area contributed by atoms with E-state index in [2.05, 4.69) is 16.1 Å². The fraction of sp³-hybridized carbons (Fsp3) is 0.950. The quantitative estimate of drug-likeness (QED) is 0.636. The highest BCUT2D eigenvalue weighted by atomic mass is 19.3. The van der Waals surface area contributed by atoms with Crippen molar-refractivity contribution >= 4 is 5.91 Å². The Morgan fingerprint density at radius 2 is 1.90 bits per heavy atom. The van der Waals surface area contributed by atoms with E-state index in [1.54, 1.807) is 0 Å². The molecule has 7 nitrogen and oxygen atoms in total. The smallest absolute Gasteiger partial charge is 0.261 e. The SMILES string of the molecule is CC(C)C(=O)N1CCC(C2NOC(C3CNCC(N4CCC(F)(F)C4)C3)N2)CC1. The topological polar surface area (TPSA) is 68.9 Å². The number of nitrogens with zero attached hydrogens (tertiary/aromatic N) is 2. The number of hydrogen-bond acceptors (Lipinski definition) is 6. The number of likely N-dealkylation sites (tertiary alicyclic amines) is 2. The van der Waals surface area contributed by atoms with Crippen molar-refractivity contribution in [3.05, 3.63) is 0 Å². The lowest BCUT2D eigenvalue weighted by molar-refractivity contribution is -0.136. The molecule has 0 aromatic heterocycles. The monoisotopic (exact) mass is 415 g/mol. The Bertz CT molecular complexity index is 585. The van der Waals surface area contributed by atoms with Crippen LogP contribution in [-0.4, -0.2) is 79.3 Å². The Balaban J connectivity index is 1.25. The zero-order valence-electron chi connectivity index (χ0n) is 17.5. The third kappa shape index (κ3) is 4.90. The molecule has 4 heterocycles. The van der Waals surface area contributed by atoms with Crippen molar-refractivity contribution in [1.29, 1.82) is 0 Å². The summed E-state index contributed by atoms with van der Waals surface area (Å²) in [5.41, 5.74) is 3.16. The molecule has 0 bridgehead atoms. The molecule has 0 aliphatic carbocycles. The molecule has 0 saturated carbocycles.